The highest BCUT2D eigenvalue weighted by Crippen LogP contribution is 2.20. The van der Waals surface area contributed by atoms with Crippen LogP contribution in [-0.2, 0) is 13.0 Å². The average Bonchev–Trinajstić information content (AvgIpc) is 2.70. The highest BCUT2D eigenvalue weighted by atomic mass is 19.1. The molecule has 1 heterocycles. The van der Waals surface area contributed by atoms with Gasteiger partial charge >= 0.3 is 0 Å². The predicted octanol–water partition coefficient (Wildman–Crippen LogP) is 3.13. The Bertz CT molecular complexity index is 548. The van der Waals surface area contributed by atoms with Gasteiger partial charge in [-0.25, -0.2) is 9.37 Å². The maximum Gasteiger partial charge on any atom is 0.151 e. The Balaban J connectivity index is 2.41. The van der Waals surface area contributed by atoms with E-state index < -0.39 is 0 Å². The molecule has 4 heteroatoms. The summed E-state index contributed by atoms with van der Waals surface area (Å²) >= 11 is 0. The van der Waals surface area contributed by atoms with Crippen molar-refractivity contribution in [2.45, 2.75) is 46.2 Å². The first kappa shape index (κ1) is 14.0. The van der Waals surface area contributed by atoms with Crippen LogP contribution in [0.5, 0.6) is 0 Å². The van der Waals surface area contributed by atoms with Gasteiger partial charge in [0.05, 0.1) is 5.52 Å². The Morgan fingerprint density at radius 2 is 2.16 bits per heavy atom. The van der Waals surface area contributed by atoms with Crippen LogP contribution in [-0.4, -0.2) is 22.1 Å². The molecule has 0 aliphatic carbocycles. The molecule has 104 valence electrons. The van der Waals surface area contributed by atoms with Crippen molar-refractivity contribution in [3.8, 4) is 0 Å². The van der Waals surface area contributed by atoms with Gasteiger partial charge in [0.25, 0.3) is 0 Å². The van der Waals surface area contributed by atoms with Gasteiger partial charge in [-0.3, -0.25) is 0 Å². The van der Waals surface area contributed by atoms with Gasteiger partial charge in [-0.15, -0.1) is 0 Å². The summed E-state index contributed by atoms with van der Waals surface area (Å²) < 4.78 is 16.0. The number of aromatic nitrogens is 2. The Morgan fingerprint density at radius 1 is 1.37 bits per heavy atom. The molecular formula is C15H22FN3. The first-order chi connectivity index (χ1) is 9.17. The van der Waals surface area contributed by atoms with Crippen LogP contribution in [0.2, 0.25) is 0 Å². The predicted molar refractivity (Wildman–Crippen MR) is 76.8 cm³/mol. The average molecular weight is 263 g/mol. The van der Waals surface area contributed by atoms with Crippen LogP contribution in [0.4, 0.5) is 4.39 Å². The van der Waals surface area contributed by atoms with E-state index in [9.17, 15) is 4.39 Å². The molecule has 0 spiro atoms. The fourth-order valence-electron chi connectivity index (χ4n) is 2.48. The van der Waals surface area contributed by atoms with E-state index in [4.69, 9.17) is 0 Å². The standard InChI is InChI=1S/C15H22FN3/c1-4-9-19-13-8-6-7-12(16)15(13)18-14(19)10-11(3)17-5-2/h6-8,11,17H,4-5,9-10H2,1-3H3. The van der Waals surface area contributed by atoms with Gasteiger partial charge in [0.15, 0.2) is 5.82 Å². The van der Waals surface area contributed by atoms with E-state index in [0.29, 0.717) is 11.6 Å². The fourth-order valence-corrected chi connectivity index (χ4v) is 2.48. The minimum absolute atomic E-state index is 0.232. The highest BCUT2D eigenvalue weighted by molar-refractivity contribution is 5.76. The Kier molecular flexibility index (Phi) is 4.53. The second-order valence-corrected chi connectivity index (χ2v) is 4.95. The lowest BCUT2D eigenvalue weighted by Crippen LogP contribution is -2.28. The molecule has 1 N–H and O–H groups in total. The molecule has 19 heavy (non-hydrogen) atoms. The van der Waals surface area contributed by atoms with Crippen LogP contribution in [0, 0.1) is 5.82 Å². The molecule has 2 aromatic rings. The summed E-state index contributed by atoms with van der Waals surface area (Å²) in [5.74, 6) is 0.736. The number of aryl methyl sites for hydroxylation is 1. The zero-order chi connectivity index (χ0) is 13.8. The van der Waals surface area contributed by atoms with E-state index in [1.807, 2.05) is 6.07 Å². The summed E-state index contributed by atoms with van der Waals surface area (Å²) in [4.78, 5) is 4.50. The number of fused-ring (bicyclic) bond motifs is 1. The normalized spacial score (nSPS) is 13.1. The van der Waals surface area contributed by atoms with Crippen molar-refractivity contribution >= 4 is 11.0 Å². The van der Waals surface area contributed by atoms with Crippen LogP contribution in [0.1, 0.15) is 33.0 Å². The van der Waals surface area contributed by atoms with Gasteiger partial charge in [-0.2, -0.15) is 0 Å². The molecule has 0 aliphatic rings. The van der Waals surface area contributed by atoms with Crippen molar-refractivity contribution in [1.29, 1.82) is 0 Å². The summed E-state index contributed by atoms with van der Waals surface area (Å²) in [7, 11) is 0. The van der Waals surface area contributed by atoms with Crippen LogP contribution < -0.4 is 5.32 Å². The molecule has 2 rings (SSSR count). The summed E-state index contributed by atoms with van der Waals surface area (Å²) in [5.41, 5.74) is 1.40. The third-order valence-corrected chi connectivity index (χ3v) is 3.30. The maximum atomic E-state index is 13.8. The Morgan fingerprint density at radius 3 is 2.84 bits per heavy atom. The molecule has 0 saturated carbocycles. The van der Waals surface area contributed by atoms with Gasteiger partial charge in [0.1, 0.15) is 11.3 Å². The van der Waals surface area contributed by atoms with E-state index in [1.165, 1.54) is 6.07 Å². The third kappa shape index (κ3) is 2.95. The van der Waals surface area contributed by atoms with Crippen molar-refractivity contribution < 1.29 is 4.39 Å². The zero-order valence-electron chi connectivity index (χ0n) is 11.9. The van der Waals surface area contributed by atoms with E-state index in [2.05, 4.69) is 35.6 Å². The lowest BCUT2D eigenvalue weighted by molar-refractivity contribution is 0.532. The lowest BCUT2D eigenvalue weighted by Gasteiger charge is -2.13. The smallest absolute Gasteiger partial charge is 0.151 e. The number of rotatable bonds is 6. The van der Waals surface area contributed by atoms with Gasteiger partial charge < -0.3 is 9.88 Å². The maximum absolute atomic E-state index is 13.8. The molecule has 1 unspecified atom stereocenters. The van der Waals surface area contributed by atoms with Gasteiger partial charge in [-0.1, -0.05) is 19.9 Å². The summed E-state index contributed by atoms with van der Waals surface area (Å²) in [6, 6.07) is 5.52. The van der Waals surface area contributed by atoms with E-state index in [1.54, 1.807) is 6.07 Å². The molecule has 0 aliphatic heterocycles. The number of halogens is 1. The minimum atomic E-state index is -0.232. The second-order valence-electron chi connectivity index (χ2n) is 4.95. The monoisotopic (exact) mass is 263 g/mol. The molecule has 0 fully saturated rings. The second kappa shape index (κ2) is 6.15. The van der Waals surface area contributed by atoms with Crippen LogP contribution in [0.25, 0.3) is 11.0 Å². The highest BCUT2D eigenvalue weighted by Gasteiger charge is 2.14. The number of likely N-dealkylation sites (N-methyl/N-ethyl adjacent to an activating group) is 1. The first-order valence-corrected chi connectivity index (χ1v) is 7.04. The quantitative estimate of drug-likeness (QED) is 0.867. The number of hydrogen-bond acceptors (Lipinski definition) is 2. The molecule has 3 nitrogen and oxygen atoms in total. The van der Waals surface area contributed by atoms with Crippen LogP contribution in [0.15, 0.2) is 18.2 Å². The summed E-state index contributed by atoms with van der Waals surface area (Å²) in [6.07, 6.45) is 1.84. The zero-order valence-corrected chi connectivity index (χ0v) is 11.9. The van der Waals surface area contributed by atoms with Crippen LogP contribution >= 0.6 is 0 Å². The SMILES string of the molecule is CCCn1c(CC(C)NCC)nc2c(F)cccc21. The Labute approximate surface area is 113 Å². The molecule has 0 saturated heterocycles. The molecule has 0 radical (unpaired) electrons. The molecule has 1 atom stereocenters. The van der Waals surface area contributed by atoms with Crippen molar-refractivity contribution in [2.24, 2.45) is 0 Å². The molecule has 1 aromatic carbocycles. The molecule has 0 amide bonds. The summed E-state index contributed by atoms with van der Waals surface area (Å²) in [6.45, 7) is 8.17. The van der Waals surface area contributed by atoms with Gasteiger partial charge in [0, 0.05) is 19.0 Å². The number of imidazole rings is 1. The van der Waals surface area contributed by atoms with E-state index in [0.717, 1.165) is 37.3 Å². The molecule has 0 bridgehead atoms. The minimum Gasteiger partial charge on any atom is -0.328 e. The Hall–Kier alpha value is -1.42. The van der Waals surface area contributed by atoms with E-state index >= 15 is 0 Å². The summed E-state index contributed by atoms with van der Waals surface area (Å²) in [5, 5.41) is 3.38. The topological polar surface area (TPSA) is 29.9 Å². The largest absolute Gasteiger partial charge is 0.328 e. The van der Waals surface area contributed by atoms with Crippen LogP contribution in [0.3, 0.4) is 0 Å². The van der Waals surface area contributed by atoms with Crippen molar-refractivity contribution in [3.05, 3.63) is 29.8 Å². The first-order valence-electron chi connectivity index (χ1n) is 7.04. The molecular weight excluding hydrogens is 241 g/mol. The van der Waals surface area contributed by atoms with Crippen molar-refractivity contribution in [3.63, 3.8) is 0 Å². The van der Waals surface area contributed by atoms with Crippen molar-refractivity contribution in [2.75, 3.05) is 6.54 Å². The van der Waals surface area contributed by atoms with Crippen molar-refractivity contribution in [1.82, 2.24) is 14.9 Å². The number of benzene rings is 1. The number of para-hydroxylation sites is 1. The lowest BCUT2D eigenvalue weighted by atomic mass is 10.2. The van der Waals surface area contributed by atoms with E-state index in [-0.39, 0.29) is 5.82 Å². The third-order valence-electron chi connectivity index (χ3n) is 3.30. The fraction of sp³-hybridized carbons (Fsp3) is 0.533. The van der Waals surface area contributed by atoms with Gasteiger partial charge in [0.2, 0.25) is 0 Å². The van der Waals surface area contributed by atoms with Gasteiger partial charge in [-0.05, 0) is 32.0 Å². The number of nitrogens with zero attached hydrogens (tertiary/aromatic N) is 2. The number of nitrogens with one attached hydrogen (secondary N) is 1. The number of hydrogen-bond donors (Lipinski definition) is 1. The molecule has 1 aromatic heterocycles.